The van der Waals surface area contributed by atoms with Crippen LogP contribution in [0.4, 0.5) is 17.6 Å². The Morgan fingerprint density at radius 1 is 1.24 bits per heavy atom. The second kappa shape index (κ2) is 5.29. The third kappa shape index (κ3) is 3.84. The Balaban J connectivity index is 2.75. The van der Waals surface area contributed by atoms with Gasteiger partial charge in [0.1, 0.15) is 6.67 Å². The number of halogens is 4. The summed E-state index contributed by atoms with van der Waals surface area (Å²) in [5, 5.41) is 0. The number of rotatable bonds is 4. The zero-order valence-corrected chi connectivity index (χ0v) is 9.22. The van der Waals surface area contributed by atoms with Gasteiger partial charge >= 0.3 is 6.18 Å². The van der Waals surface area contributed by atoms with Crippen LogP contribution < -0.4 is 0 Å². The average molecular weight is 248 g/mol. The maximum Gasteiger partial charge on any atom is 0.394 e. The average Bonchev–Trinajstić information content (AvgIpc) is 2.24. The predicted octanol–water partition coefficient (Wildman–Crippen LogP) is 3.72. The van der Waals surface area contributed by atoms with Gasteiger partial charge in [-0.05, 0) is 6.92 Å². The molecule has 0 aliphatic heterocycles. The number of carbonyl (C=O) groups excluding carboxylic acids is 1. The molecule has 0 saturated carbocycles. The van der Waals surface area contributed by atoms with E-state index in [1.807, 2.05) is 0 Å². The first-order valence-electron chi connectivity index (χ1n) is 5.07. The monoisotopic (exact) mass is 248 g/mol. The van der Waals surface area contributed by atoms with Crippen LogP contribution in [0.1, 0.15) is 22.3 Å². The highest BCUT2D eigenvalue weighted by atomic mass is 19.4. The second-order valence-electron chi connectivity index (χ2n) is 3.89. The van der Waals surface area contributed by atoms with Crippen molar-refractivity contribution < 1.29 is 22.4 Å². The Morgan fingerprint density at radius 3 is 2.18 bits per heavy atom. The molecule has 0 fully saturated rings. The molecule has 0 bridgehead atoms. The van der Waals surface area contributed by atoms with Gasteiger partial charge in [0.05, 0.1) is 5.92 Å². The molecule has 1 rings (SSSR count). The highest BCUT2D eigenvalue weighted by molar-refractivity contribution is 5.96. The maximum absolute atomic E-state index is 12.3. The normalized spacial score (nSPS) is 13.5. The lowest BCUT2D eigenvalue weighted by molar-refractivity contribution is -0.177. The van der Waals surface area contributed by atoms with E-state index >= 15 is 0 Å². The van der Waals surface area contributed by atoms with Gasteiger partial charge in [-0.25, -0.2) is 0 Å². The van der Waals surface area contributed by atoms with E-state index in [9.17, 15) is 22.4 Å². The van der Waals surface area contributed by atoms with Crippen LogP contribution in [0.3, 0.4) is 0 Å². The van der Waals surface area contributed by atoms with Crippen molar-refractivity contribution in [2.45, 2.75) is 19.5 Å². The molecule has 17 heavy (non-hydrogen) atoms. The number of alkyl halides is 4. The molecule has 0 aromatic heterocycles. The molecule has 1 nitrogen and oxygen atoms in total. The van der Waals surface area contributed by atoms with E-state index in [1.165, 1.54) is 12.1 Å². The topological polar surface area (TPSA) is 17.1 Å². The number of benzene rings is 1. The summed E-state index contributed by atoms with van der Waals surface area (Å²) >= 11 is 0. The molecular weight excluding hydrogens is 236 g/mol. The fourth-order valence-corrected chi connectivity index (χ4v) is 1.34. The molecule has 1 atom stereocenters. The molecule has 0 aliphatic carbocycles. The Labute approximate surface area is 96.4 Å². The van der Waals surface area contributed by atoms with Gasteiger partial charge in [-0.2, -0.15) is 13.2 Å². The smallest absolute Gasteiger partial charge is 0.294 e. The standard InChI is InChI=1S/C12H12F4O/c1-8-2-4-9(5-3-8)11(17)6-10(7-13)12(14,15)16/h2-5,10H,6-7H2,1H3. The van der Waals surface area contributed by atoms with Gasteiger partial charge in [-0.1, -0.05) is 29.8 Å². The molecule has 1 aromatic carbocycles. The number of carbonyl (C=O) groups is 1. The first kappa shape index (κ1) is 13.7. The first-order valence-corrected chi connectivity index (χ1v) is 5.07. The molecule has 94 valence electrons. The summed E-state index contributed by atoms with van der Waals surface area (Å²) < 4.78 is 49.0. The van der Waals surface area contributed by atoms with Crippen LogP contribution >= 0.6 is 0 Å². The summed E-state index contributed by atoms with van der Waals surface area (Å²) in [6, 6.07) is 6.16. The van der Waals surface area contributed by atoms with E-state index in [1.54, 1.807) is 19.1 Å². The minimum absolute atomic E-state index is 0.179. The fourth-order valence-electron chi connectivity index (χ4n) is 1.34. The third-order valence-electron chi connectivity index (χ3n) is 2.45. The van der Waals surface area contributed by atoms with Gasteiger partial charge in [-0.3, -0.25) is 9.18 Å². The number of aryl methyl sites for hydroxylation is 1. The molecule has 0 saturated heterocycles. The Morgan fingerprint density at radius 2 is 1.76 bits per heavy atom. The van der Waals surface area contributed by atoms with Crippen molar-refractivity contribution in [3.63, 3.8) is 0 Å². The number of hydrogen-bond donors (Lipinski definition) is 0. The molecule has 0 heterocycles. The van der Waals surface area contributed by atoms with Crippen LogP contribution in [0.5, 0.6) is 0 Å². The molecule has 5 heteroatoms. The van der Waals surface area contributed by atoms with Crippen molar-refractivity contribution in [1.29, 1.82) is 0 Å². The van der Waals surface area contributed by atoms with E-state index in [-0.39, 0.29) is 5.56 Å². The lowest BCUT2D eigenvalue weighted by Crippen LogP contribution is -2.27. The lowest BCUT2D eigenvalue weighted by atomic mass is 9.98. The van der Waals surface area contributed by atoms with Crippen LogP contribution in [-0.4, -0.2) is 18.6 Å². The minimum Gasteiger partial charge on any atom is -0.294 e. The highest BCUT2D eigenvalue weighted by Gasteiger charge is 2.40. The predicted molar refractivity (Wildman–Crippen MR) is 55.6 cm³/mol. The summed E-state index contributed by atoms with van der Waals surface area (Å²) in [6.07, 6.45) is -5.52. The number of hydrogen-bond acceptors (Lipinski definition) is 1. The quantitative estimate of drug-likeness (QED) is 0.586. The van der Waals surface area contributed by atoms with Crippen molar-refractivity contribution in [3.05, 3.63) is 35.4 Å². The van der Waals surface area contributed by atoms with Gasteiger partial charge in [0, 0.05) is 12.0 Å². The molecule has 0 radical (unpaired) electrons. The molecule has 0 amide bonds. The van der Waals surface area contributed by atoms with Crippen LogP contribution in [-0.2, 0) is 0 Å². The van der Waals surface area contributed by atoms with Crippen molar-refractivity contribution in [2.75, 3.05) is 6.67 Å². The first-order chi connectivity index (χ1) is 7.84. The van der Waals surface area contributed by atoms with Crippen molar-refractivity contribution in [2.24, 2.45) is 5.92 Å². The minimum atomic E-state index is -4.67. The number of Topliss-reactive ketones (excluding diaryl/α,β-unsaturated/α-hetero) is 1. The van der Waals surface area contributed by atoms with Crippen LogP contribution in [0.15, 0.2) is 24.3 Å². The van der Waals surface area contributed by atoms with Crippen molar-refractivity contribution >= 4 is 5.78 Å². The summed E-state index contributed by atoms with van der Waals surface area (Å²) in [7, 11) is 0. The second-order valence-corrected chi connectivity index (χ2v) is 3.89. The zero-order chi connectivity index (χ0) is 13.1. The summed E-state index contributed by atoms with van der Waals surface area (Å²) in [6.45, 7) is 0.232. The molecule has 1 unspecified atom stereocenters. The van der Waals surface area contributed by atoms with Crippen LogP contribution in [0, 0.1) is 12.8 Å². The number of ketones is 1. The van der Waals surface area contributed by atoms with E-state index < -0.39 is 31.0 Å². The Bertz CT molecular complexity index is 380. The highest BCUT2D eigenvalue weighted by Crippen LogP contribution is 2.30. The Hall–Kier alpha value is -1.39. The molecule has 0 N–H and O–H groups in total. The summed E-state index contributed by atoms with van der Waals surface area (Å²) in [5.74, 6) is -2.90. The van der Waals surface area contributed by atoms with Crippen LogP contribution in [0.2, 0.25) is 0 Å². The largest absolute Gasteiger partial charge is 0.394 e. The maximum atomic E-state index is 12.3. The van der Waals surface area contributed by atoms with Gasteiger partial charge < -0.3 is 0 Å². The fraction of sp³-hybridized carbons (Fsp3) is 0.417. The van der Waals surface area contributed by atoms with Crippen LogP contribution in [0.25, 0.3) is 0 Å². The van der Waals surface area contributed by atoms with Crippen molar-refractivity contribution in [1.82, 2.24) is 0 Å². The lowest BCUT2D eigenvalue weighted by Gasteiger charge is -2.15. The molecular formula is C12H12F4O. The molecule has 0 aliphatic rings. The van der Waals surface area contributed by atoms with Crippen molar-refractivity contribution in [3.8, 4) is 0 Å². The molecule has 0 spiro atoms. The Kier molecular flexibility index (Phi) is 4.26. The van der Waals surface area contributed by atoms with E-state index in [2.05, 4.69) is 0 Å². The zero-order valence-electron chi connectivity index (χ0n) is 9.22. The third-order valence-corrected chi connectivity index (χ3v) is 2.45. The van der Waals surface area contributed by atoms with Gasteiger partial charge in [0.25, 0.3) is 0 Å². The summed E-state index contributed by atoms with van der Waals surface area (Å²) in [5.41, 5.74) is 1.08. The molecule has 1 aromatic rings. The van der Waals surface area contributed by atoms with Gasteiger partial charge in [0.2, 0.25) is 0 Å². The van der Waals surface area contributed by atoms with E-state index in [0.29, 0.717) is 0 Å². The van der Waals surface area contributed by atoms with Gasteiger partial charge in [0.15, 0.2) is 5.78 Å². The van der Waals surface area contributed by atoms with E-state index in [0.717, 1.165) is 5.56 Å². The van der Waals surface area contributed by atoms with Gasteiger partial charge in [-0.15, -0.1) is 0 Å². The van der Waals surface area contributed by atoms with E-state index in [4.69, 9.17) is 0 Å². The SMILES string of the molecule is Cc1ccc(C(=O)CC(CF)C(F)(F)F)cc1. The summed E-state index contributed by atoms with van der Waals surface area (Å²) in [4.78, 5) is 11.5.